The Kier molecular flexibility index (Phi) is 2.46. The van der Waals surface area contributed by atoms with Crippen molar-refractivity contribution in [1.29, 1.82) is 0 Å². The average molecular weight is 92.2 g/mol. The molecule has 0 saturated heterocycles. The Hall–Kier alpha value is 0.147. The van der Waals surface area contributed by atoms with Crippen LogP contribution >= 0.6 is 0 Å². The van der Waals surface area contributed by atoms with Crippen LogP contribution < -0.4 is 0 Å². The summed E-state index contributed by atoms with van der Waals surface area (Å²) in [6.45, 7) is 3.97. The summed E-state index contributed by atoms with van der Waals surface area (Å²) in [6.07, 6.45) is -0.0556. The maximum atomic E-state index is 11.2. The number of hydrogen-bond donors (Lipinski definition) is 0. The molecule has 0 aromatic heterocycles. The minimum atomic E-state index is -0.816. The van der Waals surface area contributed by atoms with Gasteiger partial charge in [0.25, 0.3) is 0 Å². The molecule has 0 N–H and O–H groups in total. The highest BCUT2D eigenvalue weighted by Crippen LogP contribution is 1.75. The minimum absolute atomic E-state index is 0.0556. The molecule has 0 atom stereocenters. The second-order valence-electron chi connectivity index (χ2n) is 1.55. The number of rotatable bonds is 1. The van der Waals surface area contributed by atoms with Crippen molar-refractivity contribution in [2.75, 3.05) is 6.30 Å². The zero-order valence-electron chi connectivity index (χ0n) is 3.66. The van der Waals surface area contributed by atoms with Gasteiger partial charge in [-0.1, -0.05) is 13.1 Å². The Morgan fingerprint density at radius 2 is 1.80 bits per heavy atom. The third-order valence-corrected chi connectivity index (χ3v) is 0.926. The van der Waals surface area contributed by atoms with Gasteiger partial charge >= 0.3 is 0 Å². The van der Waals surface area contributed by atoms with Gasteiger partial charge in [0.05, 0.1) is 15.1 Å². The second kappa shape index (κ2) is 2.39. The highest BCUT2D eigenvalue weighted by molar-refractivity contribution is 6.55. The molecule has 0 heterocycles. The first-order chi connectivity index (χ1) is 2.27. The van der Waals surface area contributed by atoms with Crippen LogP contribution in [-0.2, 0) is 0 Å². The van der Waals surface area contributed by atoms with E-state index in [0.717, 1.165) is 0 Å². The van der Waals surface area contributed by atoms with Gasteiger partial charge in [-0.15, -0.1) is 0 Å². The van der Waals surface area contributed by atoms with Gasteiger partial charge in [-0.2, -0.15) is 0 Å². The molecule has 0 bridgehead atoms. The van der Waals surface area contributed by atoms with Crippen molar-refractivity contribution >= 4 is 8.80 Å². The van der Waals surface area contributed by atoms with Crippen LogP contribution in [0.1, 0.15) is 0 Å². The predicted molar refractivity (Wildman–Crippen MR) is 24.9 cm³/mol. The topological polar surface area (TPSA) is 0 Å². The van der Waals surface area contributed by atoms with Crippen LogP contribution in [-0.4, -0.2) is 15.1 Å². The largest absolute Gasteiger partial charge is 0.255 e. The van der Waals surface area contributed by atoms with Crippen molar-refractivity contribution in [2.45, 2.75) is 13.1 Å². The fourth-order valence-corrected chi connectivity index (χ4v) is 0. The first-order valence-corrected chi connectivity index (χ1v) is 4.96. The smallest absolute Gasteiger partial charge is 0.0760 e. The van der Waals surface area contributed by atoms with Crippen molar-refractivity contribution in [1.82, 2.24) is 0 Å². The quantitative estimate of drug-likeness (QED) is 0.423. The van der Waals surface area contributed by atoms with Crippen molar-refractivity contribution in [3.8, 4) is 0 Å². The Labute approximate surface area is 33.6 Å². The van der Waals surface area contributed by atoms with Gasteiger partial charge in [-0.3, -0.25) is 4.39 Å². The van der Waals surface area contributed by atoms with E-state index in [2.05, 4.69) is 0 Å². The molecule has 0 amide bonds. The molecule has 0 aliphatic heterocycles. The van der Waals surface area contributed by atoms with Gasteiger partial charge in [0.1, 0.15) is 0 Å². The van der Waals surface area contributed by atoms with E-state index in [-0.39, 0.29) is 6.30 Å². The fraction of sp³-hybridized carbons (Fsp3) is 1.00. The minimum Gasteiger partial charge on any atom is -0.255 e. The summed E-state index contributed by atoms with van der Waals surface area (Å²) in [6, 6.07) is 0. The van der Waals surface area contributed by atoms with Crippen LogP contribution in [0.4, 0.5) is 4.39 Å². The normalized spacial score (nSPS) is 9.60. The van der Waals surface area contributed by atoms with Crippen molar-refractivity contribution in [2.24, 2.45) is 0 Å². The summed E-state index contributed by atoms with van der Waals surface area (Å²) in [5.41, 5.74) is 0. The molecule has 0 spiro atoms. The molecule has 0 rings (SSSR count). The monoisotopic (exact) mass is 92.0 g/mol. The molecule has 32 valence electrons. The molecule has 0 aromatic carbocycles. The van der Waals surface area contributed by atoms with Gasteiger partial charge < -0.3 is 0 Å². The van der Waals surface area contributed by atoms with Crippen LogP contribution in [0.3, 0.4) is 0 Å². The lowest BCUT2D eigenvalue weighted by Crippen LogP contribution is -2.00. The third kappa shape index (κ3) is 4.15. The SMILES string of the molecule is C[SiH](C)CF. The van der Waals surface area contributed by atoms with E-state index in [1.807, 2.05) is 13.1 Å². The molecule has 0 saturated carbocycles. The summed E-state index contributed by atoms with van der Waals surface area (Å²) in [7, 11) is -0.816. The first-order valence-electron chi connectivity index (χ1n) is 1.83. The van der Waals surface area contributed by atoms with E-state index in [1.54, 1.807) is 0 Å². The zero-order chi connectivity index (χ0) is 4.28. The van der Waals surface area contributed by atoms with Gasteiger partial charge in [0, 0.05) is 0 Å². The van der Waals surface area contributed by atoms with Gasteiger partial charge in [-0.25, -0.2) is 0 Å². The van der Waals surface area contributed by atoms with Gasteiger partial charge in [0.15, 0.2) is 0 Å². The number of hydrogen-bond acceptors (Lipinski definition) is 0. The lowest BCUT2D eigenvalue weighted by Gasteiger charge is -1.84. The van der Waals surface area contributed by atoms with E-state index in [0.29, 0.717) is 0 Å². The average Bonchev–Trinajstić information content (AvgIpc) is 1.38. The molecule has 0 aliphatic carbocycles. The van der Waals surface area contributed by atoms with Crippen LogP contribution in [0.5, 0.6) is 0 Å². The lowest BCUT2D eigenvalue weighted by molar-refractivity contribution is 0.589. The Morgan fingerprint density at radius 3 is 1.80 bits per heavy atom. The van der Waals surface area contributed by atoms with Crippen LogP contribution in [0.2, 0.25) is 13.1 Å². The van der Waals surface area contributed by atoms with Crippen molar-refractivity contribution in [3.05, 3.63) is 0 Å². The van der Waals surface area contributed by atoms with Gasteiger partial charge in [-0.05, 0) is 0 Å². The molecule has 2 heteroatoms. The van der Waals surface area contributed by atoms with E-state index in [9.17, 15) is 4.39 Å². The maximum absolute atomic E-state index is 11.2. The van der Waals surface area contributed by atoms with E-state index in [1.165, 1.54) is 0 Å². The van der Waals surface area contributed by atoms with E-state index in [4.69, 9.17) is 0 Å². The number of halogens is 1. The summed E-state index contributed by atoms with van der Waals surface area (Å²) in [5.74, 6) is 0. The Morgan fingerprint density at radius 1 is 1.60 bits per heavy atom. The van der Waals surface area contributed by atoms with Crippen molar-refractivity contribution < 1.29 is 4.39 Å². The summed E-state index contributed by atoms with van der Waals surface area (Å²) in [4.78, 5) is 0. The molecule has 5 heavy (non-hydrogen) atoms. The molecular weight excluding hydrogens is 83.1 g/mol. The molecule has 0 unspecified atom stereocenters. The third-order valence-electron chi connectivity index (χ3n) is 0.309. The molecule has 0 aliphatic rings. The molecule has 0 aromatic rings. The summed E-state index contributed by atoms with van der Waals surface area (Å²) < 4.78 is 11.2. The van der Waals surface area contributed by atoms with Gasteiger partial charge in [0.2, 0.25) is 0 Å². The highest BCUT2D eigenvalue weighted by Gasteiger charge is 1.86. The van der Waals surface area contributed by atoms with E-state index < -0.39 is 8.80 Å². The second-order valence-corrected chi connectivity index (χ2v) is 4.64. The van der Waals surface area contributed by atoms with Crippen molar-refractivity contribution in [3.63, 3.8) is 0 Å². The maximum Gasteiger partial charge on any atom is 0.0760 e. The summed E-state index contributed by atoms with van der Waals surface area (Å²) >= 11 is 0. The zero-order valence-corrected chi connectivity index (χ0v) is 4.82. The molecule has 0 nitrogen and oxygen atoms in total. The summed E-state index contributed by atoms with van der Waals surface area (Å²) in [5, 5.41) is 0. The Bertz CT molecular complexity index is 20.9. The molecule has 0 radical (unpaired) electrons. The molecule has 0 fully saturated rings. The van der Waals surface area contributed by atoms with Crippen LogP contribution in [0, 0.1) is 0 Å². The van der Waals surface area contributed by atoms with Crippen LogP contribution in [0.25, 0.3) is 0 Å². The number of alkyl halides is 1. The highest BCUT2D eigenvalue weighted by atomic mass is 28.3. The van der Waals surface area contributed by atoms with Crippen LogP contribution in [0.15, 0.2) is 0 Å². The van der Waals surface area contributed by atoms with E-state index >= 15 is 0 Å². The fourth-order valence-electron chi connectivity index (χ4n) is 0. The Balaban J connectivity index is 2.54. The standard InChI is InChI=1S/C3H9FSi/c1-5(2)3-4/h5H,3H2,1-2H3. The molecular formula is C3H9FSi. The first kappa shape index (κ1) is 5.15. The lowest BCUT2D eigenvalue weighted by atomic mass is 11.8. The predicted octanol–water partition coefficient (Wildman–Crippen LogP) is 0.982.